The van der Waals surface area contributed by atoms with E-state index >= 15 is 0 Å². The second kappa shape index (κ2) is 9.34. The van der Waals surface area contributed by atoms with Gasteiger partial charge in [-0.05, 0) is 36.6 Å². The number of aryl methyl sites for hydroxylation is 1. The van der Waals surface area contributed by atoms with E-state index in [0.29, 0.717) is 6.54 Å². The monoisotopic (exact) mass is 437 g/mol. The van der Waals surface area contributed by atoms with Crippen LogP contribution in [0.15, 0.2) is 84.9 Å². The van der Waals surface area contributed by atoms with Gasteiger partial charge >= 0.3 is 0 Å². The number of hydrogen-bond donors (Lipinski definition) is 0. The average Bonchev–Trinajstić information content (AvgIpc) is 3.12. The van der Waals surface area contributed by atoms with Crippen molar-refractivity contribution in [1.29, 1.82) is 0 Å². The number of piperazine rings is 1. The highest BCUT2D eigenvalue weighted by Crippen LogP contribution is 2.30. The summed E-state index contributed by atoms with van der Waals surface area (Å²) in [6, 6.07) is 29.9. The molecule has 0 atom stereocenters. The molecule has 1 fully saturated rings. The first-order valence-corrected chi connectivity index (χ1v) is 11.8. The Morgan fingerprint density at radius 3 is 1.91 bits per heavy atom. The largest absolute Gasteiger partial charge is 0.292 e. The Bertz CT molecular complexity index is 1200. The number of carbonyl (C=O) groups is 1. The average molecular weight is 438 g/mol. The summed E-state index contributed by atoms with van der Waals surface area (Å²) in [6.07, 6.45) is 0. The maximum absolute atomic E-state index is 13.3. The van der Waals surface area contributed by atoms with Crippen LogP contribution in [0.5, 0.6) is 0 Å². The molecule has 0 N–H and O–H groups in total. The Balaban J connectivity index is 1.31. The van der Waals surface area contributed by atoms with Gasteiger partial charge in [-0.2, -0.15) is 0 Å². The van der Waals surface area contributed by atoms with Crippen LogP contribution in [0, 0.1) is 13.8 Å². The molecule has 33 heavy (non-hydrogen) atoms. The fraction of sp³-hybridized carbons (Fsp3) is 0.276. The number of aromatic nitrogens is 1. The molecule has 0 bridgehead atoms. The molecule has 0 spiro atoms. The highest BCUT2D eigenvalue weighted by molar-refractivity contribution is 5.96. The van der Waals surface area contributed by atoms with E-state index in [0.717, 1.165) is 37.4 Å². The van der Waals surface area contributed by atoms with Crippen molar-refractivity contribution in [1.82, 2.24) is 14.4 Å². The van der Waals surface area contributed by atoms with Gasteiger partial charge in [-0.25, -0.2) is 0 Å². The van der Waals surface area contributed by atoms with E-state index < -0.39 is 0 Å². The molecule has 0 aliphatic carbocycles. The van der Waals surface area contributed by atoms with E-state index in [1.165, 1.54) is 22.1 Å². The molecule has 1 aromatic heterocycles. The lowest BCUT2D eigenvalue weighted by molar-refractivity contribution is 0.0740. The Kier molecular flexibility index (Phi) is 6.12. The number of fused-ring (bicyclic) bond motifs is 1. The lowest BCUT2D eigenvalue weighted by atomic mass is 9.96. The number of nitrogens with zero attached hydrogens (tertiary/aromatic N) is 3. The number of hydrogen-bond acceptors (Lipinski definition) is 3. The predicted octanol–water partition coefficient (Wildman–Crippen LogP) is 5.31. The third-order valence-corrected chi connectivity index (χ3v) is 7.04. The quantitative estimate of drug-likeness (QED) is 0.424. The topological polar surface area (TPSA) is 28.5 Å². The van der Waals surface area contributed by atoms with Gasteiger partial charge in [0.15, 0.2) is 0 Å². The van der Waals surface area contributed by atoms with Crippen LogP contribution >= 0.6 is 0 Å². The van der Waals surface area contributed by atoms with Crippen LogP contribution < -0.4 is 0 Å². The lowest BCUT2D eigenvalue weighted by Gasteiger charge is -2.39. The molecule has 4 aromatic rings. The van der Waals surface area contributed by atoms with Crippen molar-refractivity contribution >= 4 is 16.8 Å². The zero-order valence-corrected chi connectivity index (χ0v) is 19.4. The molecule has 0 unspecified atom stereocenters. The van der Waals surface area contributed by atoms with Crippen molar-refractivity contribution < 1.29 is 4.79 Å². The SMILES string of the molecule is Cc1c(C)n(C(=O)CN2CCN(C(c3ccccc3)c3ccccc3)CC2)c2ccccc12. The molecule has 1 saturated heterocycles. The zero-order chi connectivity index (χ0) is 22.8. The Hall–Kier alpha value is -3.21. The normalized spacial score (nSPS) is 15.4. The molecular weight excluding hydrogens is 406 g/mol. The van der Waals surface area contributed by atoms with E-state index in [4.69, 9.17) is 0 Å². The van der Waals surface area contributed by atoms with Gasteiger partial charge in [0.1, 0.15) is 0 Å². The molecule has 2 heterocycles. The predicted molar refractivity (Wildman–Crippen MR) is 135 cm³/mol. The molecule has 0 saturated carbocycles. The third kappa shape index (κ3) is 4.24. The van der Waals surface area contributed by atoms with E-state index in [9.17, 15) is 4.79 Å². The van der Waals surface area contributed by atoms with Crippen LogP contribution in [-0.4, -0.2) is 53.0 Å². The fourth-order valence-corrected chi connectivity index (χ4v) is 5.18. The van der Waals surface area contributed by atoms with Gasteiger partial charge in [-0.15, -0.1) is 0 Å². The first kappa shape index (κ1) is 21.6. The smallest absolute Gasteiger partial charge is 0.245 e. The van der Waals surface area contributed by atoms with Crippen molar-refractivity contribution in [2.45, 2.75) is 19.9 Å². The van der Waals surface area contributed by atoms with Gasteiger partial charge in [0, 0.05) is 37.3 Å². The molecule has 4 nitrogen and oxygen atoms in total. The van der Waals surface area contributed by atoms with Crippen LogP contribution in [0.2, 0.25) is 0 Å². The van der Waals surface area contributed by atoms with Crippen LogP contribution in [0.3, 0.4) is 0 Å². The summed E-state index contributed by atoms with van der Waals surface area (Å²) < 4.78 is 1.91. The number of para-hydroxylation sites is 1. The Morgan fingerprint density at radius 2 is 1.30 bits per heavy atom. The minimum atomic E-state index is 0.160. The number of benzene rings is 3. The van der Waals surface area contributed by atoms with Crippen LogP contribution in [0.4, 0.5) is 0 Å². The van der Waals surface area contributed by atoms with Gasteiger partial charge in [0.2, 0.25) is 5.91 Å². The minimum Gasteiger partial charge on any atom is -0.292 e. The molecule has 168 valence electrons. The van der Waals surface area contributed by atoms with E-state index in [-0.39, 0.29) is 11.9 Å². The summed E-state index contributed by atoms with van der Waals surface area (Å²) in [7, 11) is 0. The highest BCUT2D eigenvalue weighted by Gasteiger charge is 2.27. The lowest BCUT2D eigenvalue weighted by Crippen LogP contribution is -2.49. The first-order chi connectivity index (χ1) is 16.1. The molecule has 1 aliphatic rings. The summed E-state index contributed by atoms with van der Waals surface area (Å²) in [4.78, 5) is 18.2. The molecule has 4 heteroatoms. The molecule has 1 aliphatic heterocycles. The van der Waals surface area contributed by atoms with E-state index in [1.54, 1.807) is 0 Å². The summed E-state index contributed by atoms with van der Waals surface area (Å²) in [5, 5.41) is 1.17. The van der Waals surface area contributed by atoms with Crippen LogP contribution in [0.1, 0.15) is 33.2 Å². The molecule has 0 amide bonds. The number of rotatable bonds is 5. The second-order valence-electron chi connectivity index (χ2n) is 8.99. The van der Waals surface area contributed by atoms with Crippen molar-refractivity contribution in [3.05, 3.63) is 107 Å². The zero-order valence-electron chi connectivity index (χ0n) is 19.4. The molecular formula is C29H31N3O. The van der Waals surface area contributed by atoms with Crippen LogP contribution in [-0.2, 0) is 0 Å². The van der Waals surface area contributed by atoms with Crippen molar-refractivity contribution in [2.24, 2.45) is 0 Å². The summed E-state index contributed by atoms with van der Waals surface area (Å²) in [5.74, 6) is 0.160. The van der Waals surface area contributed by atoms with Crippen molar-refractivity contribution in [3.8, 4) is 0 Å². The third-order valence-electron chi connectivity index (χ3n) is 7.04. The summed E-state index contributed by atoms with van der Waals surface area (Å²) in [6.45, 7) is 8.26. The highest BCUT2D eigenvalue weighted by atomic mass is 16.2. The Labute approximate surface area is 196 Å². The molecule has 3 aromatic carbocycles. The molecule has 0 radical (unpaired) electrons. The maximum atomic E-state index is 13.3. The van der Waals surface area contributed by atoms with Gasteiger partial charge < -0.3 is 0 Å². The van der Waals surface area contributed by atoms with Crippen LogP contribution in [0.25, 0.3) is 10.9 Å². The summed E-state index contributed by atoms with van der Waals surface area (Å²) in [5.41, 5.74) is 5.89. The summed E-state index contributed by atoms with van der Waals surface area (Å²) >= 11 is 0. The fourth-order valence-electron chi connectivity index (χ4n) is 5.18. The Morgan fingerprint density at radius 1 is 0.758 bits per heavy atom. The molecule has 5 rings (SSSR count). The second-order valence-corrected chi connectivity index (χ2v) is 8.99. The van der Waals surface area contributed by atoms with Gasteiger partial charge in [-0.3, -0.25) is 19.2 Å². The standard InChI is InChI=1S/C29H31N3O/c1-22-23(2)32(27-16-10-9-15-26(22)27)28(33)21-30-17-19-31(20-18-30)29(24-11-5-3-6-12-24)25-13-7-4-8-14-25/h3-16,29H,17-21H2,1-2H3. The van der Waals surface area contributed by atoms with Crippen molar-refractivity contribution in [2.75, 3.05) is 32.7 Å². The number of carbonyl (C=O) groups excluding carboxylic acids is 1. The van der Waals surface area contributed by atoms with Gasteiger partial charge in [0.05, 0.1) is 18.1 Å². The van der Waals surface area contributed by atoms with E-state index in [2.05, 4.69) is 96.4 Å². The van der Waals surface area contributed by atoms with Gasteiger partial charge in [0.25, 0.3) is 0 Å². The van der Waals surface area contributed by atoms with E-state index in [1.807, 2.05) is 16.7 Å². The first-order valence-electron chi connectivity index (χ1n) is 11.8. The van der Waals surface area contributed by atoms with Gasteiger partial charge in [-0.1, -0.05) is 78.9 Å². The van der Waals surface area contributed by atoms with Crippen molar-refractivity contribution in [3.63, 3.8) is 0 Å². The maximum Gasteiger partial charge on any atom is 0.245 e. The minimum absolute atomic E-state index is 0.160.